The average Bonchev–Trinajstić information content (AvgIpc) is 2.58. The predicted molar refractivity (Wildman–Crippen MR) is 87.7 cm³/mol. The van der Waals surface area contributed by atoms with Crippen LogP contribution in [0.3, 0.4) is 0 Å². The van der Waals surface area contributed by atoms with Gasteiger partial charge in [-0.15, -0.1) is 0 Å². The molecule has 0 fully saturated rings. The molecule has 1 atom stereocenters. The smallest absolute Gasteiger partial charge is 0.331 e. The molecule has 1 aromatic rings. The third kappa shape index (κ3) is 4.95. The Bertz CT molecular complexity index is 608. The number of esters is 1. The number of nitrogens with one attached hydrogen (secondary N) is 2. The maximum absolute atomic E-state index is 12.0. The number of carbonyl (C=O) groups is 3. The molecule has 124 valence electrons. The molecule has 0 aliphatic heterocycles. The number of hydrogen-bond donors (Lipinski definition) is 2. The van der Waals surface area contributed by atoms with Crippen molar-refractivity contribution in [3.05, 3.63) is 41.5 Å². The second-order valence-electron chi connectivity index (χ2n) is 5.20. The molecule has 0 aliphatic rings. The van der Waals surface area contributed by atoms with Crippen molar-refractivity contribution in [3.8, 4) is 0 Å². The van der Waals surface area contributed by atoms with E-state index in [-0.39, 0.29) is 5.91 Å². The highest BCUT2D eigenvalue weighted by atomic mass is 16.5. The average molecular weight is 318 g/mol. The number of carbonyl (C=O) groups excluding carboxylic acids is 3. The van der Waals surface area contributed by atoms with Crippen LogP contribution in [0.4, 0.5) is 0 Å². The van der Waals surface area contributed by atoms with E-state index in [1.807, 2.05) is 0 Å². The molecule has 0 radical (unpaired) electrons. The third-order valence-corrected chi connectivity index (χ3v) is 3.57. The van der Waals surface area contributed by atoms with Gasteiger partial charge in [0.1, 0.15) is 5.54 Å². The zero-order chi connectivity index (χ0) is 17.5. The summed E-state index contributed by atoms with van der Waals surface area (Å²) in [6.45, 7) is 3.40. The van der Waals surface area contributed by atoms with Crippen LogP contribution in [0, 0.1) is 0 Å². The van der Waals surface area contributed by atoms with E-state index in [9.17, 15) is 14.4 Å². The second kappa shape index (κ2) is 8.12. The minimum absolute atomic E-state index is 0.171. The Hall–Kier alpha value is -2.63. The van der Waals surface area contributed by atoms with Gasteiger partial charge in [-0.25, -0.2) is 4.79 Å². The van der Waals surface area contributed by atoms with Gasteiger partial charge in [-0.3, -0.25) is 9.59 Å². The van der Waals surface area contributed by atoms with E-state index in [1.165, 1.54) is 13.2 Å². The first-order chi connectivity index (χ1) is 10.9. The highest BCUT2D eigenvalue weighted by Gasteiger charge is 2.33. The Morgan fingerprint density at radius 3 is 2.30 bits per heavy atom. The van der Waals surface area contributed by atoms with Crippen LogP contribution in [0.25, 0.3) is 6.08 Å². The molecule has 2 amide bonds. The third-order valence-electron chi connectivity index (χ3n) is 3.57. The lowest BCUT2D eigenvalue weighted by molar-refractivity contribution is -0.149. The first-order valence-corrected chi connectivity index (χ1v) is 7.27. The largest absolute Gasteiger partial charge is 0.467 e. The summed E-state index contributed by atoms with van der Waals surface area (Å²) in [5.74, 6) is -1.05. The van der Waals surface area contributed by atoms with Gasteiger partial charge in [-0.1, -0.05) is 19.1 Å². The Kier molecular flexibility index (Phi) is 6.50. The van der Waals surface area contributed by atoms with Crippen LogP contribution in [0.5, 0.6) is 0 Å². The van der Waals surface area contributed by atoms with Gasteiger partial charge in [0.2, 0.25) is 5.91 Å². The summed E-state index contributed by atoms with van der Waals surface area (Å²) < 4.78 is 4.70. The highest BCUT2D eigenvalue weighted by molar-refractivity contribution is 5.96. The van der Waals surface area contributed by atoms with Gasteiger partial charge >= 0.3 is 5.97 Å². The number of hydrogen-bond acceptors (Lipinski definition) is 4. The maximum Gasteiger partial charge on any atom is 0.331 e. The van der Waals surface area contributed by atoms with Crippen LogP contribution in [0.2, 0.25) is 0 Å². The van der Waals surface area contributed by atoms with Crippen LogP contribution < -0.4 is 10.6 Å². The molecule has 2 N–H and O–H groups in total. The molecule has 6 nitrogen and oxygen atoms in total. The van der Waals surface area contributed by atoms with Crippen LogP contribution in [0.1, 0.15) is 36.2 Å². The fraction of sp³-hybridized carbons (Fsp3) is 0.353. The first kappa shape index (κ1) is 18.4. The summed E-state index contributed by atoms with van der Waals surface area (Å²) in [7, 11) is 2.85. The summed E-state index contributed by atoms with van der Waals surface area (Å²) in [5.41, 5.74) is 0.251. The van der Waals surface area contributed by atoms with E-state index in [0.717, 1.165) is 5.56 Å². The molecule has 0 bridgehead atoms. The van der Waals surface area contributed by atoms with Gasteiger partial charge in [0.25, 0.3) is 5.91 Å². The number of benzene rings is 1. The first-order valence-electron chi connectivity index (χ1n) is 7.27. The van der Waals surface area contributed by atoms with E-state index >= 15 is 0 Å². The van der Waals surface area contributed by atoms with Crippen LogP contribution in [-0.2, 0) is 14.3 Å². The van der Waals surface area contributed by atoms with Gasteiger partial charge in [0, 0.05) is 18.7 Å². The Morgan fingerprint density at radius 1 is 1.22 bits per heavy atom. The molecule has 0 aromatic heterocycles. The fourth-order valence-electron chi connectivity index (χ4n) is 1.88. The van der Waals surface area contributed by atoms with Gasteiger partial charge in [0.15, 0.2) is 0 Å². The zero-order valence-corrected chi connectivity index (χ0v) is 13.8. The second-order valence-corrected chi connectivity index (χ2v) is 5.20. The molecule has 1 rings (SSSR count). The van der Waals surface area contributed by atoms with E-state index in [1.54, 1.807) is 51.2 Å². The fourth-order valence-corrected chi connectivity index (χ4v) is 1.88. The van der Waals surface area contributed by atoms with E-state index in [2.05, 4.69) is 10.6 Å². The van der Waals surface area contributed by atoms with Crippen molar-refractivity contribution in [1.29, 1.82) is 0 Å². The molecule has 23 heavy (non-hydrogen) atoms. The molecular formula is C17H22N2O4. The Morgan fingerprint density at radius 2 is 1.83 bits per heavy atom. The number of ether oxygens (including phenoxy) is 1. The van der Waals surface area contributed by atoms with Crippen molar-refractivity contribution in [2.45, 2.75) is 25.8 Å². The van der Waals surface area contributed by atoms with E-state index < -0.39 is 17.4 Å². The quantitative estimate of drug-likeness (QED) is 0.615. The molecule has 6 heteroatoms. The molecule has 0 heterocycles. The Balaban J connectivity index is 2.75. The maximum atomic E-state index is 12.0. The normalized spacial score (nSPS) is 13.2. The van der Waals surface area contributed by atoms with Gasteiger partial charge in [-0.2, -0.15) is 0 Å². The van der Waals surface area contributed by atoms with Crippen LogP contribution >= 0.6 is 0 Å². The Labute approximate surface area is 135 Å². The lowest BCUT2D eigenvalue weighted by Crippen LogP contribution is -2.51. The molecule has 0 unspecified atom stereocenters. The summed E-state index contributed by atoms with van der Waals surface area (Å²) in [6, 6.07) is 6.80. The number of methoxy groups -OCH3 is 1. The van der Waals surface area contributed by atoms with Crippen molar-refractivity contribution in [1.82, 2.24) is 10.6 Å². The van der Waals surface area contributed by atoms with Crippen molar-refractivity contribution < 1.29 is 19.1 Å². The van der Waals surface area contributed by atoms with Crippen molar-refractivity contribution >= 4 is 23.9 Å². The number of rotatable bonds is 6. The summed E-state index contributed by atoms with van der Waals surface area (Å²) >= 11 is 0. The molecule has 1 aromatic carbocycles. The van der Waals surface area contributed by atoms with Crippen molar-refractivity contribution in [2.75, 3.05) is 14.2 Å². The summed E-state index contributed by atoms with van der Waals surface area (Å²) in [4.78, 5) is 35.1. The van der Waals surface area contributed by atoms with Gasteiger partial charge < -0.3 is 15.4 Å². The standard InChI is InChI=1S/C17H22N2O4/c1-5-17(2,16(22)23-4)19-14(20)11-8-12-6-9-13(10-7-12)15(21)18-3/h6-11H,5H2,1-4H3,(H,18,21)(H,19,20)/b11-8-/t17-/m0/s1. The summed E-state index contributed by atoms with van der Waals surface area (Å²) in [5, 5.41) is 5.17. The SMILES string of the molecule is CC[C@](C)(NC(=O)/C=C\c1ccc(C(=O)NC)cc1)C(=O)OC. The van der Waals surface area contributed by atoms with Crippen LogP contribution in [0.15, 0.2) is 30.3 Å². The lowest BCUT2D eigenvalue weighted by atomic mass is 9.99. The monoisotopic (exact) mass is 318 g/mol. The molecule has 0 aliphatic carbocycles. The van der Waals surface area contributed by atoms with E-state index in [0.29, 0.717) is 12.0 Å². The van der Waals surface area contributed by atoms with Crippen molar-refractivity contribution in [2.24, 2.45) is 0 Å². The minimum Gasteiger partial charge on any atom is -0.467 e. The minimum atomic E-state index is -1.06. The summed E-state index contributed by atoms with van der Waals surface area (Å²) in [6.07, 6.45) is 3.36. The van der Waals surface area contributed by atoms with Gasteiger partial charge in [0.05, 0.1) is 7.11 Å². The predicted octanol–water partition coefficient (Wildman–Crippen LogP) is 1.52. The van der Waals surface area contributed by atoms with Crippen LogP contribution in [-0.4, -0.2) is 37.5 Å². The van der Waals surface area contributed by atoms with Gasteiger partial charge in [-0.05, 0) is 37.1 Å². The topological polar surface area (TPSA) is 84.5 Å². The molecule has 0 saturated carbocycles. The number of amides is 2. The molecule has 0 saturated heterocycles. The highest BCUT2D eigenvalue weighted by Crippen LogP contribution is 2.12. The zero-order valence-electron chi connectivity index (χ0n) is 13.8. The lowest BCUT2D eigenvalue weighted by Gasteiger charge is -2.25. The van der Waals surface area contributed by atoms with E-state index in [4.69, 9.17) is 4.74 Å². The molecule has 0 spiro atoms. The van der Waals surface area contributed by atoms with Crippen molar-refractivity contribution in [3.63, 3.8) is 0 Å². The molecular weight excluding hydrogens is 296 g/mol.